The van der Waals surface area contributed by atoms with Gasteiger partial charge < -0.3 is 10.1 Å². The molecule has 1 aromatic rings. The maximum Gasteiger partial charge on any atom is 0.387 e. The van der Waals surface area contributed by atoms with E-state index in [1.807, 2.05) is 12.1 Å². The summed E-state index contributed by atoms with van der Waals surface area (Å²) >= 11 is 0. The Morgan fingerprint density at radius 1 is 1.35 bits per heavy atom. The van der Waals surface area contributed by atoms with Gasteiger partial charge in [-0.25, -0.2) is 0 Å². The quantitative estimate of drug-likeness (QED) is 0.875. The van der Waals surface area contributed by atoms with Crippen LogP contribution in [0.25, 0.3) is 0 Å². The molecule has 1 aliphatic rings. The lowest BCUT2D eigenvalue weighted by Gasteiger charge is -2.23. The maximum atomic E-state index is 12.2. The third-order valence-electron chi connectivity index (χ3n) is 3.10. The van der Waals surface area contributed by atoms with Crippen molar-refractivity contribution in [2.24, 2.45) is 5.92 Å². The van der Waals surface area contributed by atoms with Crippen LogP contribution < -0.4 is 10.1 Å². The predicted molar refractivity (Wildman–Crippen MR) is 62.4 cm³/mol. The highest BCUT2D eigenvalue weighted by Gasteiger charge is 2.16. The summed E-state index contributed by atoms with van der Waals surface area (Å²) in [6.07, 6.45) is 3.11. The topological polar surface area (TPSA) is 21.3 Å². The van der Waals surface area contributed by atoms with Gasteiger partial charge in [0.05, 0.1) is 0 Å². The van der Waals surface area contributed by atoms with Crippen LogP contribution in [0.3, 0.4) is 0 Å². The number of para-hydroxylation sites is 1. The average Bonchev–Trinajstić information content (AvgIpc) is 2.32. The van der Waals surface area contributed by atoms with Gasteiger partial charge in [-0.15, -0.1) is 0 Å². The lowest BCUT2D eigenvalue weighted by Crippen LogP contribution is -2.30. The predicted octanol–water partition coefficient (Wildman–Crippen LogP) is 2.83. The molecule has 4 heteroatoms. The number of benzene rings is 1. The summed E-state index contributed by atoms with van der Waals surface area (Å²) in [6, 6.07) is 7.06. The summed E-state index contributed by atoms with van der Waals surface area (Å²) in [5.41, 5.74) is 0.876. The van der Waals surface area contributed by atoms with Gasteiger partial charge in [-0.05, 0) is 49.9 Å². The van der Waals surface area contributed by atoms with Gasteiger partial charge in [0.1, 0.15) is 5.75 Å². The van der Waals surface area contributed by atoms with Crippen molar-refractivity contribution in [3.8, 4) is 5.75 Å². The second-order valence-electron chi connectivity index (χ2n) is 4.40. The Hall–Kier alpha value is -1.16. The molecule has 1 unspecified atom stereocenters. The number of rotatable bonds is 4. The van der Waals surface area contributed by atoms with Crippen molar-refractivity contribution in [1.29, 1.82) is 0 Å². The van der Waals surface area contributed by atoms with Crippen molar-refractivity contribution in [2.45, 2.75) is 25.9 Å². The molecule has 1 saturated heterocycles. The van der Waals surface area contributed by atoms with Gasteiger partial charge in [0, 0.05) is 0 Å². The number of nitrogens with one attached hydrogen (secondary N) is 1. The molecule has 2 nitrogen and oxygen atoms in total. The van der Waals surface area contributed by atoms with E-state index in [0.29, 0.717) is 11.7 Å². The molecule has 0 amide bonds. The molecule has 1 N–H and O–H groups in total. The van der Waals surface area contributed by atoms with Crippen LogP contribution in [0, 0.1) is 5.92 Å². The van der Waals surface area contributed by atoms with Crippen LogP contribution in [0.15, 0.2) is 24.3 Å². The van der Waals surface area contributed by atoms with E-state index in [0.717, 1.165) is 37.9 Å². The number of ether oxygens (including phenoxy) is 1. The van der Waals surface area contributed by atoms with Gasteiger partial charge in [-0.2, -0.15) is 8.78 Å². The molecule has 17 heavy (non-hydrogen) atoms. The van der Waals surface area contributed by atoms with Crippen molar-refractivity contribution in [2.75, 3.05) is 13.1 Å². The Balaban J connectivity index is 2.03. The third-order valence-corrected chi connectivity index (χ3v) is 3.10. The Labute approximate surface area is 100.0 Å². The number of hydrogen-bond donors (Lipinski definition) is 1. The zero-order chi connectivity index (χ0) is 12.1. The Morgan fingerprint density at radius 2 is 2.18 bits per heavy atom. The Bertz CT molecular complexity index is 351. The lowest BCUT2D eigenvalue weighted by molar-refractivity contribution is -0.0505. The molecule has 2 rings (SSSR count). The van der Waals surface area contributed by atoms with Crippen LogP contribution in [0.1, 0.15) is 18.4 Å². The fourth-order valence-corrected chi connectivity index (χ4v) is 2.29. The van der Waals surface area contributed by atoms with Gasteiger partial charge in [0.15, 0.2) is 0 Å². The van der Waals surface area contributed by atoms with Crippen LogP contribution >= 0.6 is 0 Å². The number of hydrogen-bond acceptors (Lipinski definition) is 2. The standard InChI is InChI=1S/C13H17F2NO/c14-13(15)17-12-6-2-1-5-11(12)8-10-4-3-7-16-9-10/h1-2,5-6,10,13,16H,3-4,7-9H2. The van der Waals surface area contributed by atoms with Crippen LogP contribution in [-0.4, -0.2) is 19.7 Å². The van der Waals surface area contributed by atoms with Gasteiger partial charge in [0.2, 0.25) is 0 Å². The van der Waals surface area contributed by atoms with E-state index >= 15 is 0 Å². The molecule has 1 aliphatic heterocycles. The summed E-state index contributed by atoms with van der Waals surface area (Å²) in [4.78, 5) is 0. The SMILES string of the molecule is FC(F)Oc1ccccc1CC1CCCNC1. The van der Waals surface area contributed by atoms with E-state index < -0.39 is 6.61 Å². The van der Waals surface area contributed by atoms with Crippen LogP contribution in [0.5, 0.6) is 5.75 Å². The summed E-state index contributed by atoms with van der Waals surface area (Å²) in [5.74, 6) is 0.833. The first-order valence-electron chi connectivity index (χ1n) is 5.99. The molecule has 0 spiro atoms. The minimum atomic E-state index is -2.75. The monoisotopic (exact) mass is 241 g/mol. The zero-order valence-electron chi connectivity index (χ0n) is 9.66. The van der Waals surface area contributed by atoms with Gasteiger partial charge in [0.25, 0.3) is 0 Å². The Kier molecular flexibility index (Phi) is 4.31. The van der Waals surface area contributed by atoms with Gasteiger partial charge in [-0.1, -0.05) is 18.2 Å². The minimum Gasteiger partial charge on any atom is -0.435 e. The highest BCUT2D eigenvalue weighted by Crippen LogP contribution is 2.25. The van der Waals surface area contributed by atoms with Crippen LogP contribution in [0.4, 0.5) is 8.78 Å². The molecule has 1 aromatic carbocycles. The molecule has 0 aromatic heterocycles. The molecule has 1 heterocycles. The van der Waals surface area contributed by atoms with Gasteiger partial charge in [-0.3, -0.25) is 0 Å². The summed E-state index contributed by atoms with van der Waals surface area (Å²) < 4.78 is 29.0. The molecule has 0 aliphatic carbocycles. The fourth-order valence-electron chi connectivity index (χ4n) is 2.29. The van der Waals surface area contributed by atoms with Gasteiger partial charge >= 0.3 is 6.61 Å². The van der Waals surface area contributed by atoms with Crippen molar-refractivity contribution < 1.29 is 13.5 Å². The first-order valence-corrected chi connectivity index (χ1v) is 5.99. The molecule has 0 bridgehead atoms. The van der Waals surface area contributed by atoms with Crippen LogP contribution in [-0.2, 0) is 6.42 Å². The van der Waals surface area contributed by atoms with E-state index in [1.54, 1.807) is 12.1 Å². The minimum absolute atomic E-state index is 0.313. The first kappa shape index (κ1) is 12.3. The van der Waals surface area contributed by atoms with Crippen molar-refractivity contribution >= 4 is 0 Å². The molecular weight excluding hydrogens is 224 g/mol. The lowest BCUT2D eigenvalue weighted by atomic mass is 9.92. The van der Waals surface area contributed by atoms with E-state index in [4.69, 9.17) is 0 Å². The van der Waals surface area contributed by atoms with E-state index in [2.05, 4.69) is 10.1 Å². The summed E-state index contributed by atoms with van der Waals surface area (Å²) in [7, 11) is 0. The van der Waals surface area contributed by atoms with Crippen molar-refractivity contribution in [1.82, 2.24) is 5.32 Å². The fraction of sp³-hybridized carbons (Fsp3) is 0.538. The Morgan fingerprint density at radius 3 is 2.88 bits per heavy atom. The first-order chi connectivity index (χ1) is 8.25. The van der Waals surface area contributed by atoms with E-state index in [-0.39, 0.29) is 0 Å². The smallest absolute Gasteiger partial charge is 0.387 e. The van der Waals surface area contributed by atoms with E-state index in [1.165, 1.54) is 0 Å². The number of piperidine rings is 1. The summed E-state index contributed by atoms with van der Waals surface area (Å²) in [6.45, 7) is -0.727. The number of alkyl halides is 2. The number of halogens is 2. The van der Waals surface area contributed by atoms with Crippen molar-refractivity contribution in [3.05, 3.63) is 29.8 Å². The molecule has 1 fully saturated rings. The highest BCUT2D eigenvalue weighted by molar-refractivity contribution is 5.33. The molecule has 1 atom stereocenters. The molecule has 0 saturated carbocycles. The normalized spacial score (nSPS) is 20.5. The molecule has 0 radical (unpaired) electrons. The largest absolute Gasteiger partial charge is 0.435 e. The maximum absolute atomic E-state index is 12.2. The molecule has 94 valence electrons. The third kappa shape index (κ3) is 3.66. The van der Waals surface area contributed by atoms with Crippen molar-refractivity contribution in [3.63, 3.8) is 0 Å². The second-order valence-corrected chi connectivity index (χ2v) is 4.40. The van der Waals surface area contributed by atoms with Crippen LogP contribution in [0.2, 0.25) is 0 Å². The highest BCUT2D eigenvalue weighted by atomic mass is 19.3. The summed E-state index contributed by atoms with van der Waals surface area (Å²) in [5, 5.41) is 3.33. The molecular formula is C13H17F2NO. The zero-order valence-corrected chi connectivity index (χ0v) is 9.66. The average molecular weight is 241 g/mol. The van der Waals surface area contributed by atoms with E-state index in [9.17, 15) is 8.78 Å². The second kappa shape index (κ2) is 5.96.